The molecule has 0 aliphatic rings. The van der Waals surface area contributed by atoms with Crippen LogP contribution in [-0.2, 0) is 0 Å². The van der Waals surface area contributed by atoms with E-state index in [4.69, 9.17) is 0 Å². The van der Waals surface area contributed by atoms with Crippen LogP contribution in [-0.4, -0.2) is 6.18 Å². The molecule has 0 bridgehead atoms. The SMILES string of the molecule is [CH2]C(=C)CC(F)(F)F. The molecule has 0 amide bonds. The maximum absolute atomic E-state index is 11.2. The summed E-state index contributed by atoms with van der Waals surface area (Å²) >= 11 is 0. The highest BCUT2D eigenvalue weighted by Gasteiger charge is 2.26. The standard InChI is InChI=1S/C5H6F3/c1-4(2)3-5(6,7)8/h1-3H2. The molecule has 0 aliphatic heterocycles. The van der Waals surface area contributed by atoms with E-state index in [1.807, 2.05) is 0 Å². The molecule has 3 heteroatoms. The third kappa shape index (κ3) is 5.53. The molecule has 0 saturated carbocycles. The molecule has 0 heterocycles. The summed E-state index contributed by atoms with van der Waals surface area (Å²) in [6.07, 6.45) is -5.12. The molecule has 0 atom stereocenters. The molecule has 0 aromatic heterocycles. The lowest BCUT2D eigenvalue weighted by atomic mass is 10.2. The van der Waals surface area contributed by atoms with Crippen molar-refractivity contribution in [2.45, 2.75) is 12.6 Å². The molecule has 0 aromatic rings. The first-order chi connectivity index (χ1) is 3.42. The molecule has 0 nitrogen and oxygen atoms in total. The van der Waals surface area contributed by atoms with Gasteiger partial charge in [-0.05, 0) is 6.92 Å². The third-order valence-electron chi connectivity index (χ3n) is 0.450. The van der Waals surface area contributed by atoms with Crippen molar-refractivity contribution in [3.05, 3.63) is 19.1 Å². The van der Waals surface area contributed by atoms with Crippen LogP contribution in [0.5, 0.6) is 0 Å². The zero-order valence-electron chi connectivity index (χ0n) is 4.26. The van der Waals surface area contributed by atoms with Crippen molar-refractivity contribution in [3.8, 4) is 0 Å². The van der Waals surface area contributed by atoms with Gasteiger partial charge in [0.2, 0.25) is 0 Å². The summed E-state index contributed by atoms with van der Waals surface area (Å²) in [4.78, 5) is 0. The van der Waals surface area contributed by atoms with E-state index in [1.54, 1.807) is 0 Å². The van der Waals surface area contributed by atoms with Crippen molar-refractivity contribution in [1.29, 1.82) is 0 Å². The van der Waals surface area contributed by atoms with Gasteiger partial charge < -0.3 is 0 Å². The molecular formula is C5H6F3. The van der Waals surface area contributed by atoms with E-state index in [2.05, 4.69) is 13.5 Å². The highest BCUT2D eigenvalue weighted by molar-refractivity contribution is 4.99. The molecule has 0 fully saturated rings. The van der Waals surface area contributed by atoms with Gasteiger partial charge in [-0.25, -0.2) is 0 Å². The van der Waals surface area contributed by atoms with E-state index in [0.717, 1.165) is 0 Å². The fraction of sp³-hybridized carbons (Fsp3) is 0.400. The van der Waals surface area contributed by atoms with Crippen molar-refractivity contribution < 1.29 is 13.2 Å². The van der Waals surface area contributed by atoms with Crippen LogP contribution in [0.1, 0.15) is 6.42 Å². The summed E-state index contributed by atoms with van der Waals surface area (Å²) in [6.45, 7) is 6.02. The Labute approximate surface area is 46.0 Å². The van der Waals surface area contributed by atoms with Gasteiger partial charge in [0.25, 0.3) is 0 Å². The minimum absolute atomic E-state index is 0.0995. The summed E-state index contributed by atoms with van der Waals surface area (Å²) in [5, 5.41) is 0. The monoisotopic (exact) mass is 123 g/mol. The predicted molar refractivity (Wildman–Crippen MR) is 25.2 cm³/mol. The van der Waals surface area contributed by atoms with Gasteiger partial charge in [-0.3, -0.25) is 0 Å². The van der Waals surface area contributed by atoms with Crippen molar-refractivity contribution in [2.24, 2.45) is 0 Å². The van der Waals surface area contributed by atoms with Gasteiger partial charge >= 0.3 is 6.18 Å². The normalized spacial score (nSPS) is 11.5. The fourth-order valence-electron chi connectivity index (χ4n) is 0.283. The summed E-state index contributed by atoms with van der Waals surface area (Å²) in [5.74, 6) is 0. The fourth-order valence-corrected chi connectivity index (χ4v) is 0.283. The average Bonchev–Trinajstić information content (AvgIpc) is 1.21. The quantitative estimate of drug-likeness (QED) is 0.502. The second-order valence-electron chi connectivity index (χ2n) is 1.54. The van der Waals surface area contributed by atoms with Gasteiger partial charge in [0, 0.05) is 0 Å². The molecule has 8 heavy (non-hydrogen) atoms. The summed E-state index contributed by atoms with van der Waals surface area (Å²) in [6, 6.07) is 0. The van der Waals surface area contributed by atoms with E-state index in [9.17, 15) is 13.2 Å². The predicted octanol–water partition coefficient (Wildman–Crippen LogP) is 2.33. The number of alkyl halides is 3. The van der Waals surface area contributed by atoms with Gasteiger partial charge in [0.05, 0.1) is 6.42 Å². The first-order valence-corrected chi connectivity index (χ1v) is 1.98. The second kappa shape index (κ2) is 2.20. The highest BCUT2D eigenvalue weighted by Crippen LogP contribution is 2.22. The molecule has 0 aliphatic carbocycles. The lowest BCUT2D eigenvalue weighted by molar-refractivity contribution is -0.126. The van der Waals surface area contributed by atoms with Crippen LogP contribution < -0.4 is 0 Å². The summed E-state index contributed by atoms with van der Waals surface area (Å²) < 4.78 is 33.6. The van der Waals surface area contributed by atoms with E-state index in [1.165, 1.54) is 0 Å². The first-order valence-electron chi connectivity index (χ1n) is 1.98. The Morgan fingerprint density at radius 2 is 1.75 bits per heavy atom. The lowest BCUT2D eigenvalue weighted by Gasteiger charge is -2.02. The topological polar surface area (TPSA) is 0 Å². The van der Waals surface area contributed by atoms with E-state index in [0.29, 0.717) is 0 Å². The Kier molecular flexibility index (Phi) is 2.07. The van der Waals surface area contributed by atoms with Gasteiger partial charge in [0.1, 0.15) is 0 Å². The molecule has 0 aromatic carbocycles. The minimum atomic E-state index is -4.14. The third-order valence-corrected chi connectivity index (χ3v) is 0.450. The number of halogens is 3. The van der Waals surface area contributed by atoms with E-state index < -0.39 is 12.6 Å². The zero-order chi connectivity index (χ0) is 6.78. The largest absolute Gasteiger partial charge is 0.392 e. The summed E-state index contributed by atoms with van der Waals surface area (Å²) in [7, 11) is 0. The van der Waals surface area contributed by atoms with E-state index in [-0.39, 0.29) is 5.57 Å². The summed E-state index contributed by atoms with van der Waals surface area (Å²) in [5.41, 5.74) is -0.0995. The molecule has 0 unspecified atom stereocenters. The second-order valence-corrected chi connectivity index (χ2v) is 1.54. The number of rotatable bonds is 1. The maximum Gasteiger partial charge on any atom is 0.392 e. The lowest BCUT2D eigenvalue weighted by Crippen LogP contribution is -2.06. The van der Waals surface area contributed by atoms with Crippen molar-refractivity contribution in [2.75, 3.05) is 0 Å². The van der Waals surface area contributed by atoms with E-state index >= 15 is 0 Å². The molecule has 1 radical (unpaired) electrons. The van der Waals surface area contributed by atoms with Gasteiger partial charge in [-0.1, -0.05) is 12.2 Å². The van der Waals surface area contributed by atoms with Crippen LogP contribution in [0.4, 0.5) is 13.2 Å². The van der Waals surface area contributed by atoms with Crippen LogP contribution in [0.3, 0.4) is 0 Å². The molecule has 0 rings (SSSR count). The Morgan fingerprint density at radius 1 is 1.38 bits per heavy atom. The van der Waals surface area contributed by atoms with Gasteiger partial charge in [-0.15, -0.1) is 0 Å². The molecule has 47 valence electrons. The number of allylic oxidation sites excluding steroid dienone is 1. The van der Waals surface area contributed by atoms with Crippen molar-refractivity contribution in [1.82, 2.24) is 0 Å². The average molecular weight is 123 g/mol. The van der Waals surface area contributed by atoms with Crippen molar-refractivity contribution in [3.63, 3.8) is 0 Å². The minimum Gasteiger partial charge on any atom is -0.171 e. The van der Waals surface area contributed by atoms with Crippen LogP contribution in [0.2, 0.25) is 0 Å². The van der Waals surface area contributed by atoms with Gasteiger partial charge in [-0.2, -0.15) is 13.2 Å². The van der Waals surface area contributed by atoms with Gasteiger partial charge in [0.15, 0.2) is 0 Å². The Bertz CT molecular complexity index is 90.3. The van der Waals surface area contributed by atoms with Crippen LogP contribution in [0.15, 0.2) is 12.2 Å². The Morgan fingerprint density at radius 3 is 1.75 bits per heavy atom. The van der Waals surface area contributed by atoms with Crippen molar-refractivity contribution >= 4 is 0 Å². The van der Waals surface area contributed by atoms with Crippen LogP contribution in [0.25, 0.3) is 0 Å². The molecule has 0 spiro atoms. The zero-order valence-corrected chi connectivity index (χ0v) is 4.26. The molecule has 0 N–H and O–H groups in total. The molecule has 0 saturated heterocycles. The molecular weight excluding hydrogens is 117 g/mol. The number of hydrogen-bond acceptors (Lipinski definition) is 0. The first kappa shape index (κ1) is 7.53. The highest BCUT2D eigenvalue weighted by atomic mass is 19.4. The smallest absolute Gasteiger partial charge is 0.171 e. The van der Waals surface area contributed by atoms with Crippen LogP contribution >= 0.6 is 0 Å². The Balaban J connectivity index is 3.55. The number of hydrogen-bond donors (Lipinski definition) is 0. The van der Waals surface area contributed by atoms with Crippen LogP contribution in [0, 0.1) is 6.92 Å². The Hall–Kier alpha value is -0.470. The maximum atomic E-state index is 11.2.